The first-order chi connectivity index (χ1) is 31.0. The molecule has 3 aromatic heterocycles. The van der Waals surface area contributed by atoms with Crippen LogP contribution < -0.4 is 9.62 Å². The van der Waals surface area contributed by atoms with Crippen molar-refractivity contribution in [2.75, 3.05) is 16.8 Å². The molecule has 1 aliphatic rings. The molecule has 13 nitrogen and oxygen atoms in total. The molecule has 0 saturated carbocycles. The van der Waals surface area contributed by atoms with E-state index in [2.05, 4.69) is 20.5 Å². The van der Waals surface area contributed by atoms with E-state index in [4.69, 9.17) is 11.6 Å². The number of rotatable bonds is 14. The number of carbonyl (C=O) groups excluding carboxylic acids is 2. The number of fused-ring (bicyclic) bond motifs is 2. The Morgan fingerprint density at radius 2 is 1.51 bits per heavy atom. The molecule has 5 aromatic rings. The van der Waals surface area contributed by atoms with Gasteiger partial charge in [0.2, 0.25) is 21.8 Å². The minimum atomic E-state index is -5.24. The largest absolute Gasteiger partial charge is 0.435 e. The van der Waals surface area contributed by atoms with Gasteiger partial charge in [-0.3, -0.25) is 23.9 Å². The summed E-state index contributed by atoms with van der Waals surface area (Å²) in [7, 11) is -8.32. The minimum Gasteiger partial charge on any atom is -0.346 e. The quantitative estimate of drug-likeness (QED) is 0.107. The van der Waals surface area contributed by atoms with Gasteiger partial charge in [-0.05, 0) is 68.9 Å². The summed E-state index contributed by atoms with van der Waals surface area (Å²) >= 11 is 6.55. The third kappa shape index (κ3) is 10.3. The molecule has 0 spiro atoms. The van der Waals surface area contributed by atoms with Gasteiger partial charge in [0, 0.05) is 47.5 Å². The molecular weight excluding hydrogens is 988 g/mol. The van der Waals surface area contributed by atoms with Crippen LogP contribution in [0.4, 0.5) is 49.7 Å². The van der Waals surface area contributed by atoms with E-state index in [0.717, 1.165) is 51.3 Å². The van der Waals surface area contributed by atoms with Crippen LogP contribution in [0.2, 0.25) is 5.02 Å². The highest BCUT2D eigenvalue weighted by Gasteiger charge is 2.57. The normalized spacial score (nSPS) is 17.1. The molecule has 0 radical (unpaired) electrons. The van der Waals surface area contributed by atoms with Crippen molar-refractivity contribution in [2.24, 2.45) is 5.92 Å². The van der Waals surface area contributed by atoms with Crippen LogP contribution in [0.5, 0.6) is 0 Å². The Bertz CT molecular complexity index is 3040. The van der Waals surface area contributed by atoms with Crippen molar-refractivity contribution in [1.82, 2.24) is 29.9 Å². The van der Waals surface area contributed by atoms with E-state index in [1.807, 2.05) is 0 Å². The summed E-state index contributed by atoms with van der Waals surface area (Å²) < 4.78 is 197. The lowest BCUT2D eigenvalue weighted by atomic mass is 9.93. The number of amides is 2. The molecule has 3 heterocycles. The molecule has 3 atom stereocenters. The molecule has 0 aliphatic heterocycles. The van der Waals surface area contributed by atoms with Crippen LogP contribution in [0.15, 0.2) is 42.5 Å². The van der Waals surface area contributed by atoms with Gasteiger partial charge < -0.3 is 5.32 Å². The monoisotopic (exact) mass is 1030 g/mol. The number of anilines is 1. The van der Waals surface area contributed by atoms with Gasteiger partial charge in [0.15, 0.2) is 21.3 Å². The van der Waals surface area contributed by atoms with Crippen molar-refractivity contribution in [1.29, 1.82) is 0 Å². The van der Waals surface area contributed by atoms with Crippen molar-refractivity contribution >= 4 is 60.0 Å². The zero-order valence-electron chi connectivity index (χ0n) is 36.9. The average Bonchev–Trinajstić information content (AvgIpc) is 3.78. The average molecular weight is 1030 g/mol. The summed E-state index contributed by atoms with van der Waals surface area (Å²) in [5.41, 5.74) is -5.17. The SMILES string of the molecule is CC(=O)N(c1nn(CC(F)(F)F)c2c(-c3ccc(CCC(C)(C)S(C)(=O)=O)nc3[C@H](Cc3cc(F)cc(F)c3)NC(=O)Cn3nc(C(F)(F)F)c4c3C(F)(F)[C@H](C)[C@@H]4C)ccc(Cl)c12)S(C)(=O)=O. The Hall–Kier alpha value is -5.30. The summed E-state index contributed by atoms with van der Waals surface area (Å²) in [6.07, 6.45) is -9.61. The molecule has 0 saturated heterocycles. The first-order valence-electron chi connectivity index (χ1n) is 20.3. The molecule has 2 amide bonds. The fraction of sp³-hybridized carbons (Fsp3) is 0.452. The van der Waals surface area contributed by atoms with Gasteiger partial charge in [-0.1, -0.05) is 37.6 Å². The Labute approximate surface area is 387 Å². The van der Waals surface area contributed by atoms with Crippen LogP contribution >= 0.6 is 11.6 Å². The summed E-state index contributed by atoms with van der Waals surface area (Å²) in [4.78, 5) is 31.6. The second-order valence-corrected chi connectivity index (χ2v) is 22.2. The molecule has 6 rings (SSSR count). The minimum absolute atomic E-state index is 0.0713. The number of aromatic nitrogens is 5. The van der Waals surface area contributed by atoms with E-state index >= 15 is 8.78 Å². The predicted octanol–water partition coefficient (Wildman–Crippen LogP) is 8.82. The Kier molecular flexibility index (Phi) is 13.7. The zero-order chi connectivity index (χ0) is 51.0. The highest BCUT2D eigenvalue weighted by Crippen LogP contribution is 2.55. The van der Waals surface area contributed by atoms with E-state index in [1.165, 1.54) is 26.0 Å². The number of benzene rings is 2. The van der Waals surface area contributed by atoms with Crippen molar-refractivity contribution in [3.8, 4) is 11.1 Å². The topological polar surface area (TPSA) is 166 Å². The van der Waals surface area contributed by atoms with E-state index in [9.17, 15) is 61.5 Å². The standard InChI is InChI=1S/C42H42ClF10N7O6S2/c1-20-21(2)41(49,50)37-32(20)36(42(51,52)53)56-58(37)18-31(62)55-30(16-23-14-24(44)17-25(45)15-23)34-27(9-8-26(54-34)12-13-39(4,5)67(6,63)64)28-10-11-29(43)33-35(28)59(19-40(46,47)48)57-38(33)60(22(3)61)68(7,65)66/h8-11,14-15,17,20-21,30H,12-13,16,18-19H2,1-7H3,(H,55,62)/t20-,21+,30-/m0/s1. The van der Waals surface area contributed by atoms with Gasteiger partial charge >= 0.3 is 12.4 Å². The lowest BCUT2D eigenvalue weighted by Crippen LogP contribution is -2.35. The number of alkyl halides is 8. The first kappa shape index (κ1) is 52.1. The molecule has 370 valence electrons. The summed E-state index contributed by atoms with van der Waals surface area (Å²) in [6, 6.07) is 5.35. The zero-order valence-corrected chi connectivity index (χ0v) is 39.3. The molecule has 2 aromatic carbocycles. The van der Waals surface area contributed by atoms with Gasteiger partial charge in [0.05, 0.1) is 38.7 Å². The summed E-state index contributed by atoms with van der Waals surface area (Å²) in [5.74, 6) is -12.5. The first-order valence-corrected chi connectivity index (χ1v) is 24.4. The van der Waals surface area contributed by atoms with Crippen molar-refractivity contribution < 1.29 is 70.3 Å². The summed E-state index contributed by atoms with van der Waals surface area (Å²) in [5, 5.41) is 8.85. The molecular formula is C42H42ClF10N7O6S2. The van der Waals surface area contributed by atoms with Gasteiger partial charge in [-0.2, -0.15) is 49.6 Å². The lowest BCUT2D eigenvalue weighted by molar-refractivity contribution is -0.143. The van der Waals surface area contributed by atoms with Crippen LogP contribution in [0.3, 0.4) is 0 Å². The maximum Gasteiger partial charge on any atom is 0.435 e. The fourth-order valence-electron chi connectivity index (χ4n) is 8.13. The number of nitrogens with zero attached hydrogens (tertiary/aromatic N) is 6. The van der Waals surface area contributed by atoms with Crippen molar-refractivity contribution in [2.45, 2.75) is 102 Å². The fourth-order valence-corrected chi connectivity index (χ4v) is 9.75. The number of hydrogen-bond donors (Lipinski definition) is 1. The Morgan fingerprint density at radius 3 is 2.06 bits per heavy atom. The van der Waals surface area contributed by atoms with Crippen LogP contribution in [0.1, 0.15) is 86.9 Å². The number of carbonyl (C=O) groups is 2. The number of pyridine rings is 1. The Balaban J connectivity index is 1.63. The van der Waals surface area contributed by atoms with Crippen LogP contribution in [0.25, 0.3) is 22.0 Å². The van der Waals surface area contributed by atoms with Gasteiger partial charge in [0.1, 0.15) is 30.4 Å². The van der Waals surface area contributed by atoms with Crippen molar-refractivity contribution in [3.63, 3.8) is 0 Å². The molecule has 26 heteroatoms. The van der Waals surface area contributed by atoms with E-state index in [-0.39, 0.29) is 49.9 Å². The number of aryl methyl sites for hydroxylation is 1. The molecule has 0 unspecified atom stereocenters. The smallest absolute Gasteiger partial charge is 0.346 e. The number of halogens is 11. The van der Waals surface area contributed by atoms with Gasteiger partial charge in [0.25, 0.3) is 5.92 Å². The highest BCUT2D eigenvalue weighted by molar-refractivity contribution is 7.93. The third-order valence-electron chi connectivity index (χ3n) is 11.9. The van der Waals surface area contributed by atoms with Crippen LogP contribution in [-0.4, -0.2) is 76.6 Å². The number of sulfone groups is 1. The summed E-state index contributed by atoms with van der Waals surface area (Å²) in [6.45, 7) is 2.61. The van der Waals surface area contributed by atoms with Crippen molar-refractivity contribution in [3.05, 3.63) is 93.0 Å². The van der Waals surface area contributed by atoms with E-state index in [1.54, 1.807) is 0 Å². The molecule has 0 fully saturated rings. The number of sulfonamides is 1. The second-order valence-electron chi connectivity index (χ2n) is 17.3. The lowest BCUT2D eigenvalue weighted by Gasteiger charge is -2.25. The van der Waals surface area contributed by atoms with Crippen LogP contribution in [-0.2, 0) is 67.5 Å². The number of hydrogen-bond acceptors (Lipinski definition) is 9. The Morgan fingerprint density at radius 1 is 0.912 bits per heavy atom. The highest BCUT2D eigenvalue weighted by atomic mass is 35.5. The van der Waals surface area contributed by atoms with Gasteiger partial charge in [-0.25, -0.2) is 25.6 Å². The molecule has 68 heavy (non-hydrogen) atoms. The molecule has 1 N–H and O–H groups in total. The van der Waals surface area contributed by atoms with Gasteiger partial charge in [-0.15, -0.1) is 0 Å². The third-order valence-corrected chi connectivity index (χ3v) is 15.5. The maximum atomic E-state index is 15.7. The van der Waals surface area contributed by atoms with E-state index < -0.39 is 142 Å². The number of nitrogens with one attached hydrogen (secondary N) is 1. The second kappa shape index (κ2) is 17.9. The maximum absolute atomic E-state index is 15.7. The van der Waals surface area contributed by atoms with Crippen LogP contribution in [0, 0.1) is 17.6 Å². The predicted molar refractivity (Wildman–Crippen MR) is 229 cm³/mol. The molecule has 0 bridgehead atoms. The molecule has 1 aliphatic carbocycles. The van der Waals surface area contributed by atoms with E-state index in [0.29, 0.717) is 17.0 Å².